The zero-order valence-corrected chi connectivity index (χ0v) is 20.5. The SMILES string of the molecule is CCCCCCCCCC[C@H]1CC[C@H]([C@H]2CC[C@H](c3ccc(C=C(F)F)cc3)CC2)CC1. The van der Waals surface area contributed by atoms with Gasteiger partial charge < -0.3 is 0 Å². The van der Waals surface area contributed by atoms with Gasteiger partial charge in [0.2, 0.25) is 0 Å². The molecule has 2 saturated carbocycles. The molecule has 1 aromatic rings. The van der Waals surface area contributed by atoms with E-state index in [-0.39, 0.29) is 0 Å². The van der Waals surface area contributed by atoms with Crippen LogP contribution in [0, 0.1) is 17.8 Å². The Morgan fingerprint density at radius 1 is 0.719 bits per heavy atom. The summed E-state index contributed by atoms with van der Waals surface area (Å²) in [5.74, 6) is 3.52. The molecule has 2 heteroatoms. The van der Waals surface area contributed by atoms with E-state index < -0.39 is 6.08 Å². The molecule has 0 amide bonds. The Kier molecular flexibility index (Phi) is 11.3. The Morgan fingerprint density at radius 3 is 1.81 bits per heavy atom. The summed E-state index contributed by atoms with van der Waals surface area (Å²) >= 11 is 0. The van der Waals surface area contributed by atoms with Gasteiger partial charge in [-0.2, -0.15) is 8.78 Å². The number of unbranched alkanes of at least 4 members (excludes halogenated alkanes) is 7. The van der Waals surface area contributed by atoms with Crippen LogP contribution in [0.25, 0.3) is 6.08 Å². The first-order chi connectivity index (χ1) is 15.7. The minimum absolute atomic E-state index is 0.603. The Balaban J connectivity index is 1.28. The third-order valence-corrected chi connectivity index (χ3v) is 8.48. The second-order valence-corrected chi connectivity index (χ2v) is 10.8. The van der Waals surface area contributed by atoms with E-state index in [2.05, 4.69) is 19.1 Å². The molecular weight excluding hydrogens is 398 g/mol. The quantitative estimate of drug-likeness (QED) is 0.281. The monoisotopic (exact) mass is 444 g/mol. The largest absolute Gasteiger partial charge is 0.270 e. The number of halogens is 2. The predicted molar refractivity (Wildman–Crippen MR) is 134 cm³/mol. The summed E-state index contributed by atoms with van der Waals surface area (Å²) < 4.78 is 24.8. The summed E-state index contributed by atoms with van der Waals surface area (Å²) in [6, 6.07) is 7.81. The molecule has 0 N–H and O–H groups in total. The minimum atomic E-state index is -1.62. The highest BCUT2D eigenvalue weighted by Crippen LogP contribution is 2.44. The van der Waals surface area contributed by atoms with Crippen LogP contribution in [0.1, 0.15) is 133 Å². The third kappa shape index (κ3) is 8.64. The van der Waals surface area contributed by atoms with Crippen molar-refractivity contribution in [3.05, 3.63) is 41.5 Å². The lowest BCUT2D eigenvalue weighted by atomic mass is 9.68. The van der Waals surface area contributed by atoms with Crippen molar-refractivity contribution in [3.8, 4) is 0 Å². The number of rotatable bonds is 12. The lowest BCUT2D eigenvalue weighted by Crippen LogP contribution is -2.25. The van der Waals surface area contributed by atoms with Crippen molar-refractivity contribution in [1.29, 1.82) is 0 Å². The number of hydrogen-bond donors (Lipinski definition) is 0. The van der Waals surface area contributed by atoms with E-state index in [0.29, 0.717) is 11.5 Å². The van der Waals surface area contributed by atoms with Gasteiger partial charge >= 0.3 is 0 Å². The summed E-state index contributed by atoms with van der Waals surface area (Å²) in [5, 5.41) is 0. The molecule has 0 unspecified atom stereocenters. The molecule has 0 radical (unpaired) electrons. The molecule has 32 heavy (non-hydrogen) atoms. The van der Waals surface area contributed by atoms with E-state index in [1.165, 1.54) is 115 Å². The predicted octanol–water partition coefficient (Wildman–Crippen LogP) is 10.5. The fourth-order valence-corrected chi connectivity index (χ4v) is 6.43. The molecule has 2 fully saturated rings. The fourth-order valence-electron chi connectivity index (χ4n) is 6.43. The van der Waals surface area contributed by atoms with Gasteiger partial charge in [0, 0.05) is 6.08 Å². The van der Waals surface area contributed by atoms with Gasteiger partial charge in [-0.1, -0.05) is 102 Å². The van der Waals surface area contributed by atoms with Crippen molar-refractivity contribution in [2.24, 2.45) is 17.8 Å². The van der Waals surface area contributed by atoms with Gasteiger partial charge in [-0.15, -0.1) is 0 Å². The Bertz CT molecular complexity index is 642. The molecular formula is C30H46F2. The Hall–Kier alpha value is -1.18. The average Bonchev–Trinajstić information content (AvgIpc) is 2.81. The van der Waals surface area contributed by atoms with E-state index >= 15 is 0 Å². The minimum Gasteiger partial charge on any atom is -0.173 e. The van der Waals surface area contributed by atoms with E-state index in [1.807, 2.05) is 12.1 Å². The molecule has 0 atom stereocenters. The molecule has 0 nitrogen and oxygen atoms in total. The van der Waals surface area contributed by atoms with Crippen LogP contribution in [0.3, 0.4) is 0 Å². The summed E-state index contributed by atoms with van der Waals surface area (Å²) in [5.41, 5.74) is 1.94. The van der Waals surface area contributed by atoms with E-state index in [1.54, 1.807) is 0 Å². The zero-order chi connectivity index (χ0) is 22.6. The van der Waals surface area contributed by atoms with Crippen LogP contribution in [-0.2, 0) is 0 Å². The molecule has 0 bridgehead atoms. The van der Waals surface area contributed by atoms with Crippen LogP contribution in [0.2, 0.25) is 0 Å². The lowest BCUT2D eigenvalue weighted by molar-refractivity contribution is 0.155. The number of hydrogen-bond acceptors (Lipinski definition) is 0. The van der Waals surface area contributed by atoms with E-state index in [0.717, 1.165) is 23.8 Å². The van der Waals surface area contributed by atoms with Gasteiger partial charge in [-0.3, -0.25) is 0 Å². The van der Waals surface area contributed by atoms with Gasteiger partial charge in [0.25, 0.3) is 6.08 Å². The standard InChI is InChI=1S/C30H46F2/c1-2-3-4-5-6-7-8-9-10-24-11-15-26(16-12-24)28-19-21-29(22-20-28)27-17-13-25(14-18-27)23-30(31)32/h13-14,17-18,23-24,26,28-29H,2-12,15-16,19-22H2,1H3/t24-,26-,28-,29-. The second kappa shape index (κ2) is 14.2. The average molecular weight is 445 g/mol. The Labute approximate surface area is 196 Å². The van der Waals surface area contributed by atoms with E-state index in [9.17, 15) is 8.78 Å². The van der Waals surface area contributed by atoms with Crippen molar-refractivity contribution in [2.45, 2.75) is 122 Å². The first-order valence-corrected chi connectivity index (χ1v) is 13.8. The highest BCUT2D eigenvalue weighted by atomic mass is 19.3. The Morgan fingerprint density at radius 2 is 1.25 bits per heavy atom. The maximum absolute atomic E-state index is 12.4. The maximum Gasteiger partial charge on any atom is 0.270 e. The van der Waals surface area contributed by atoms with Crippen LogP contribution in [0.4, 0.5) is 8.78 Å². The van der Waals surface area contributed by atoms with Gasteiger partial charge in [0.1, 0.15) is 0 Å². The first-order valence-electron chi connectivity index (χ1n) is 13.8. The second-order valence-electron chi connectivity index (χ2n) is 10.8. The van der Waals surface area contributed by atoms with Crippen molar-refractivity contribution >= 4 is 6.08 Å². The van der Waals surface area contributed by atoms with Gasteiger partial charge in [-0.25, -0.2) is 0 Å². The molecule has 2 aliphatic carbocycles. The normalized spacial score (nSPS) is 26.1. The lowest BCUT2D eigenvalue weighted by Gasteiger charge is -2.38. The van der Waals surface area contributed by atoms with Crippen molar-refractivity contribution in [3.63, 3.8) is 0 Å². The maximum atomic E-state index is 12.4. The highest BCUT2D eigenvalue weighted by molar-refractivity contribution is 5.50. The highest BCUT2D eigenvalue weighted by Gasteiger charge is 2.31. The van der Waals surface area contributed by atoms with Crippen LogP contribution in [-0.4, -0.2) is 0 Å². The fraction of sp³-hybridized carbons (Fsp3) is 0.733. The third-order valence-electron chi connectivity index (χ3n) is 8.48. The molecule has 0 saturated heterocycles. The van der Waals surface area contributed by atoms with Crippen molar-refractivity contribution in [2.75, 3.05) is 0 Å². The van der Waals surface area contributed by atoms with Gasteiger partial charge in [0.15, 0.2) is 0 Å². The van der Waals surface area contributed by atoms with Gasteiger partial charge in [-0.05, 0) is 73.3 Å². The van der Waals surface area contributed by atoms with Crippen LogP contribution < -0.4 is 0 Å². The van der Waals surface area contributed by atoms with Crippen molar-refractivity contribution < 1.29 is 8.78 Å². The molecule has 0 heterocycles. The van der Waals surface area contributed by atoms with Crippen LogP contribution in [0.15, 0.2) is 30.3 Å². The van der Waals surface area contributed by atoms with Crippen LogP contribution in [0.5, 0.6) is 0 Å². The summed E-state index contributed by atoms with van der Waals surface area (Å²) in [7, 11) is 0. The first kappa shape index (κ1) is 25.4. The summed E-state index contributed by atoms with van der Waals surface area (Å²) in [6.07, 6.45) is 23.4. The van der Waals surface area contributed by atoms with Gasteiger partial charge in [0.05, 0.1) is 0 Å². The summed E-state index contributed by atoms with van der Waals surface area (Å²) in [6.45, 7) is 2.29. The van der Waals surface area contributed by atoms with Crippen LogP contribution >= 0.6 is 0 Å². The molecule has 2 aliphatic rings. The molecule has 1 aromatic carbocycles. The topological polar surface area (TPSA) is 0 Å². The summed E-state index contributed by atoms with van der Waals surface area (Å²) in [4.78, 5) is 0. The molecule has 0 aromatic heterocycles. The number of benzene rings is 1. The molecule has 180 valence electrons. The zero-order valence-electron chi connectivity index (χ0n) is 20.5. The van der Waals surface area contributed by atoms with E-state index in [4.69, 9.17) is 0 Å². The van der Waals surface area contributed by atoms with Crippen molar-refractivity contribution in [1.82, 2.24) is 0 Å². The molecule has 0 aliphatic heterocycles. The molecule has 0 spiro atoms. The smallest absolute Gasteiger partial charge is 0.173 e. The molecule has 3 rings (SSSR count).